The van der Waals surface area contributed by atoms with Crippen LogP contribution in [0.15, 0.2) is 24.3 Å². The molecule has 4 nitrogen and oxygen atoms in total. The van der Waals surface area contributed by atoms with Crippen LogP contribution in [-0.2, 0) is 4.79 Å². The summed E-state index contributed by atoms with van der Waals surface area (Å²) in [5, 5.41) is 5.76. The zero-order valence-corrected chi connectivity index (χ0v) is 11.2. The van der Waals surface area contributed by atoms with Crippen LogP contribution in [0.4, 0.5) is 5.69 Å². The summed E-state index contributed by atoms with van der Waals surface area (Å²) >= 11 is 0. The van der Waals surface area contributed by atoms with E-state index in [0.717, 1.165) is 31.4 Å². The van der Waals surface area contributed by atoms with Gasteiger partial charge in [0.1, 0.15) is 0 Å². The van der Waals surface area contributed by atoms with Crippen LogP contribution < -0.4 is 10.6 Å². The molecule has 2 rings (SSSR count). The van der Waals surface area contributed by atoms with E-state index in [9.17, 15) is 9.59 Å². The molecule has 1 aliphatic rings. The van der Waals surface area contributed by atoms with Gasteiger partial charge in [0, 0.05) is 23.7 Å². The van der Waals surface area contributed by atoms with Crippen LogP contribution in [0.5, 0.6) is 0 Å². The van der Waals surface area contributed by atoms with Gasteiger partial charge in [-0.15, -0.1) is 0 Å². The maximum Gasteiger partial charge on any atom is 0.251 e. The highest BCUT2D eigenvalue weighted by Gasteiger charge is 2.23. The molecule has 1 saturated carbocycles. The van der Waals surface area contributed by atoms with Crippen LogP contribution in [0.2, 0.25) is 0 Å². The number of benzene rings is 1. The molecule has 0 spiro atoms. The number of amides is 2. The molecule has 2 N–H and O–H groups in total. The van der Waals surface area contributed by atoms with Crippen molar-refractivity contribution < 1.29 is 9.59 Å². The molecule has 4 heteroatoms. The van der Waals surface area contributed by atoms with Gasteiger partial charge in [0.15, 0.2) is 0 Å². The largest absolute Gasteiger partial charge is 0.349 e. The predicted octanol–water partition coefficient (Wildman–Crippen LogP) is 2.71. The van der Waals surface area contributed by atoms with E-state index >= 15 is 0 Å². The normalized spacial score (nSPS) is 13.9. The van der Waals surface area contributed by atoms with Gasteiger partial charge in [0.25, 0.3) is 5.91 Å². The van der Waals surface area contributed by atoms with Crippen LogP contribution in [-0.4, -0.2) is 17.9 Å². The van der Waals surface area contributed by atoms with Gasteiger partial charge in [0.2, 0.25) is 5.91 Å². The number of anilines is 1. The fraction of sp³-hybridized carbons (Fsp3) is 0.467. The van der Waals surface area contributed by atoms with Crippen LogP contribution >= 0.6 is 0 Å². The Morgan fingerprint density at radius 1 is 1.21 bits per heavy atom. The van der Waals surface area contributed by atoms with Crippen LogP contribution in [0.3, 0.4) is 0 Å². The highest BCUT2D eigenvalue weighted by atomic mass is 16.2. The second kappa shape index (κ2) is 6.36. The van der Waals surface area contributed by atoms with E-state index in [1.807, 2.05) is 0 Å². The number of nitrogens with one attached hydrogen (secondary N) is 2. The van der Waals surface area contributed by atoms with E-state index in [0.29, 0.717) is 18.0 Å². The van der Waals surface area contributed by atoms with Crippen LogP contribution in [0.1, 0.15) is 49.4 Å². The third-order valence-corrected chi connectivity index (χ3v) is 3.10. The number of carbonyl (C=O) groups excluding carboxylic acids is 2. The standard InChI is InChI=1S/C15H20N2O2/c1-2-3-4-14(18)16-12-7-5-11(6-8-12)15(19)17-13-9-10-13/h5-8,13H,2-4,9-10H2,1H3,(H,16,18)(H,17,19). The molecule has 1 aromatic rings. The highest BCUT2D eigenvalue weighted by molar-refractivity contribution is 5.96. The smallest absolute Gasteiger partial charge is 0.251 e. The molecule has 2 amide bonds. The zero-order valence-electron chi connectivity index (χ0n) is 11.2. The molecule has 0 bridgehead atoms. The number of carbonyl (C=O) groups is 2. The number of hydrogen-bond acceptors (Lipinski definition) is 2. The minimum Gasteiger partial charge on any atom is -0.349 e. The second-order valence-corrected chi connectivity index (χ2v) is 4.98. The van der Waals surface area contributed by atoms with Crippen LogP contribution in [0.25, 0.3) is 0 Å². The molecule has 0 unspecified atom stereocenters. The van der Waals surface area contributed by atoms with E-state index in [2.05, 4.69) is 17.6 Å². The van der Waals surface area contributed by atoms with Gasteiger partial charge in [-0.25, -0.2) is 0 Å². The van der Waals surface area contributed by atoms with E-state index in [4.69, 9.17) is 0 Å². The topological polar surface area (TPSA) is 58.2 Å². The first kappa shape index (κ1) is 13.6. The molecule has 0 saturated heterocycles. The Labute approximate surface area is 113 Å². The molecule has 19 heavy (non-hydrogen) atoms. The fourth-order valence-corrected chi connectivity index (χ4v) is 1.76. The summed E-state index contributed by atoms with van der Waals surface area (Å²) in [5.41, 5.74) is 1.38. The van der Waals surface area contributed by atoms with Crippen molar-refractivity contribution in [2.45, 2.75) is 45.1 Å². The summed E-state index contributed by atoms with van der Waals surface area (Å²) in [6, 6.07) is 7.39. The number of hydrogen-bond donors (Lipinski definition) is 2. The van der Waals surface area contributed by atoms with Crippen molar-refractivity contribution >= 4 is 17.5 Å². The van der Waals surface area contributed by atoms with Crippen molar-refractivity contribution in [2.24, 2.45) is 0 Å². The number of rotatable bonds is 6. The Kier molecular flexibility index (Phi) is 4.55. The van der Waals surface area contributed by atoms with Gasteiger partial charge in [-0.3, -0.25) is 9.59 Å². The summed E-state index contributed by atoms with van der Waals surface area (Å²) in [5.74, 6) is -0.0107. The van der Waals surface area contributed by atoms with E-state index in [-0.39, 0.29) is 11.8 Å². The monoisotopic (exact) mass is 260 g/mol. The third-order valence-electron chi connectivity index (χ3n) is 3.10. The van der Waals surface area contributed by atoms with Crippen molar-refractivity contribution in [3.8, 4) is 0 Å². The summed E-state index contributed by atoms with van der Waals surface area (Å²) in [7, 11) is 0. The predicted molar refractivity (Wildman–Crippen MR) is 75.1 cm³/mol. The van der Waals surface area contributed by atoms with Crippen molar-refractivity contribution in [1.29, 1.82) is 0 Å². The highest BCUT2D eigenvalue weighted by Crippen LogP contribution is 2.19. The van der Waals surface area contributed by atoms with Crippen molar-refractivity contribution in [3.63, 3.8) is 0 Å². The molecule has 1 aromatic carbocycles. The Balaban J connectivity index is 1.86. The SMILES string of the molecule is CCCCC(=O)Nc1ccc(C(=O)NC2CC2)cc1. The average molecular weight is 260 g/mol. The molecule has 0 heterocycles. The quantitative estimate of drug-likeness (QED) is 0.826. The third kappa shape index (κ3) is 4.39. The Morgan fingerprint density at radius 2 is 1.89 bits per heavy atom. The Morgan fingerprint density at radius 3 is 2.47 bits per heavy atom. The van der Waals surface area contributed by atoms with Gasteiger partial charge in [-0.2, -0.15) is 0 Å². The van der Waals surface area contributed by atoms with Gasteiger partial charge < -0.3 is 10.6 Å². The first-order valence-electron chi connectivity index (χ1n) is 6.90. The molecule has 102 valence electrons. The van der Waals surface area contributed by atoms with E-state index in [1.165, 1.54) is 0 Å². The molecular weight excluding hydrogens is 240 g/mol. The second-order valence-electron chi connectivity index (χ2n) is 4.98. The molecule has 1 aliphatic carbocycles. The summed E-state index contributed by atoms with van der Waals surface area (Å²) < 4.78 is 0. The summed E-state index contributed by atoms with van der Waals surface area (Å²) in [4.78, 5) is 23.3. The maximum absolute atomic E-state index is 11.8. The van der Waals surface area contributed by atoms with Gasteiger partial charge in [0.05, 0.1) is 0 Å². The summed E-state index contributed by atoms with van der Waals surface area (Å²) in [6.45, 7) is 2.06. The lowest BCUT2D eigenvalue weighted by Crippen LogP contribution is -2.25. The molecule has 0 aliphatic heterocycles. The maximum atomic E-state index is 11.8. The van der Waals surface area contributed by atoms with Gasteiger partial charge >= 0.3 is 0 Å². The molecule has 0 aromatic heterocycles. The number of unbranched alkanes of at least 4 members (excludes halogenated alkanes) is 1. The lowest BCUT2D eigenvalue weighted by atomic mass is 10.2. The Bertz CT molecular complexity index is 450. The minimum absolute atomic E-state index is 0.0250. The van der Waals surface area contributed by atoms with Crippen molar-refractivity contribution in [2.75, 3.05) is 5.32 Å². The molecule has 0 atom stereocenters. The molecule has 1 fully saturated rings. The fourth-order valence-electron chi connectivity index (χ4n) is 1.76. The minimum atomic E-state index is -0.0358. The lowest BCUT2D eigenvalue weighted by molar-refractivity contribution is -0.116. The van der Waals surface area contributed by atoms with Crippen molar-refractivity contribution in [1.82, 2.24) is 5.32 Å². The van der Waals surface area contributed by atoms with Gasteiger partial charge in [-0.1, -0.05) is 13.3 Å². The average Bonchev–Trinajstić information content (AvgIpc) is 3.21. The zero-order chi connectivity index (χ0) is 13.7. The summed E-state index contributed by atoms with van der Waals surface area (Å²) in [6.07, 6.45) is 4.61. The lowest BCUT2D eigenvalue weighted by Gasteiger charge is -2.06. The van der Waals surface area contributed by atoms with Crippen LogP contribution in [0, 0.1) is 0 Å². The van der Waals surface area contributed by atoms with Crippen molar-refractivity contribution in [3.05, 3.63) is 29.8 Å². The molecule has 0 radical (unpaired) electrons. The first-order valence-corrected chi connectivity index (χ1v) is 6.90. The Hall–Kier alpha value is -1.84. The molecular formula is C15H20N2O2. The van der Waals surface area contributed by atoms with Gasteiger partial charge in [-0.05, 0) is 43.5 Å². The van der Waals surface area contributed by atoms with E-state index in [1.54, 1.807) is 24.3 Å². The first-order chi connectivity index (χ1) is 9.19. The van der Waals surface area contributed by atoms with E-state index < -0.39 is 0 Å².